The summed E-state index contributed by atoms with van der Waals surface area (Å²) in [7, 11) is 0. The zero-order valence-corrected chi connectivity index (χ0v) is 51.9. The summed E-state index contributed by atoms with van der Waals surface area (Å²) in [5.74, 6) is -0.869. The third-order valence-corrected chi connectivity index (χ3v) is 14.9. The third kappa shape index (κ3) is 63.7. The highest BCUT2D eigenvalue weighted by Crippen LogP contribution is 2.17. The summed E-state index contributed by atoms with van der Waals surface area (Å²) in [5.41, 5.74) is 0. The summed E-state index contributed by atoms with van der Waals surface area (Å²) in [6.45, 7) is 6.62. The number of hydrogen-bond acceptors (Lipinski definition) is 6. The highest BCUT2D eigenvalue weighted by atomic mass is 16.6. The molecule has 0 N–H and O–H groups in total. The molecule has 0 saturated carbocycles. The van der Waals surface area contributed by atoms with Crippen LogP contribution in [0.4, 0.5) is 0 Å². The molecule has 0 spiro atoms. The summed E-state index contributed by atoms with van der Waals surface area (Å²) in [6.07, 6.45) is 86.5. The van der Waals surface area contributed by atoms with E-state index in [2.05, 4.69) is 93.7 Å². The van der Waals surface area contributed by atoms with Crippen LogP contribution in [0.25, 0.3) is 0 Å². The Labute approximate surface area is 484 Å². The van der Waals surface area contributed by atoms with Crippen molar-refractivity contribution < 1.29 is 28.6 Å². The van der Waals surface area contributed by atoms with E-state index in [0.717, 1.165) is 83.5 Å². The van der Waals surface area contributed by atoms with Crippen LogP contribution in [-0.4, -0.2) is 37.2 Å². The van der Waals surface area contributed by atoms with E-state index >= 15 is 0 Å². The fraction of sp³-hybridized carbons (Fsp3) is 0.792. The minimum Gasteiger partial charge on any atom is -0.462 e. The SMILES string of the molecule is CCCCCCC/C=C\C/C=C\C/C=C\CCCCCCCCCCCCCCC(=O)OCC(COC(=O)CCCCCCCCCC)OC(=O)CCCCCCCCCCCC/C=C\C/C=C\C/C=C\CCCCCCC. The van der Waals surface area contributed by atoms with Crippen molar-refractivity contribution in [1.29, 1.82) is 0 Å². The van der Waals surface area contributed by atoms with E-state index in [1.165, 1.54) is 225 Å². The molecule has 78 heavy (non-hydrogen) atoms. The molecule has 6 nitrogen and oxygen atoms in total. The molecule has 1 unspecified atom stereocenters. The van der Waals surface area contributed by atoms with Gasteiger partial charge in [-0.25, -0.2) is 0 Å². The largest absolute Gasteiger partial charge is 0.462 e. The Morgan fingerprint density at radius 1 is 0.256 bits per heavy atom. The van der Waals surface area contributed by atoms with Gasteiger partial charge in [0, 0.05) is 19.3 Å². The van der Waals surface area contributed by atoms with Gasteiger partial charge in [-0.05, 0) is 96.3 Å². The number of unbranched alkanes of at least 4 members (excludes halogenated alkanes) is 39. The summed E-state index contributed by atoms with van der Waals surface area (Å²) in [5, 5.41) is 0. The van der Waals surface area contributed by atoms with Crippen LogP contribution in [0, 0.1) is 0 Å². The number of carbonyl (C=O) groups is 3. The van der Waals surface area contributed by atoms with E-state index in [9.17, 15) is 14.4 Å². The van der Waals surface area contributed by atoms with Crippen molar-refractivity contribution in [2.24, 2.45) is 0 Å². The lowest BCUT2D eigenvalue weighted by Gasteiger charge is -2.18. The van der Waals surface area contributed by atoms with Gasteiger partial charge in [-0.15, -0.1) is 0 Å². The Kier molecular flexibility index (Phi) is 63.7. The standard InChI is InChI=1S/C72H128O6/c1-4-7-10-13-16-19-21-23-25-27-29-31-33-35-36-38-39-41-43-45-47-49-51-53-56-59-62-65-71(74)77-68-69(67-76-70(73)64-61-58-55-18-15-12-9-6-3)78-72(75)66-63-60-57-54-52-50-48-46-44-42-40-37-34-32-30-28-26-24-22-20-17-14-11-8-5-2/h21-24,27-30,33-35,37,69H,4-20,25-26,31-32,36,38-68H2,1-3H3/b23-21-,24-22-,29-27-,30-28-,35-33-,37-34-. The second-order valence-electron chi connectivity index (χ2n) is 22.7. The normalized spacial score (nSPS) is 12.5. The van der Waals surface area contributed by atoms with E-state index in [1.54, 1.807) is 0 Å². The maximum Gasteiger partial charge on any atom is 0.306 e. The van der Waals surface area contributed by atoms with Crippen LogP contribution in [0.5, 0.6) is 0 Å². The van der Waals surface area contributed by atoms with E-state index in [1.807, 2.05) is 0 Å². The van der Waals surface area contributed by atoms with Crippen LogP contribution in [0.3, 0.4) is 0 Å². The molecule has 0 aliphatic heterocycles. The molecule has 6 heteroatoms. The van der Waals surface area contributed by atoms with Gasteiger partial charge in [-0.2, -0.15) is 0 Å². The van der Waals surface area contributed by atoms with E-state index < -0.39 is 6.10 Å². The van der Waals surface area contributed by atoms with Gasteiger partial charge in [-0.3, -0.25) is 14.4 Å². The molecule has 0 radical (unpaired) electrons. The summed E-state index contributed by atoms with van der Waals surface area (Å²) in [6, 6.07) is 0. The zero-order valence-electron chi connectivity index (χ0n) is 51.9. The first-order valence-electron chi connectivity index (χ1n) is 33.9. The van der Waals surface area contributed by atoms with Crippen molar-refractivity contribution in [3.05, 3.63) is 72.9 Å². The Hall–Kier alpha value is -3.15. The lowest BCUT2D eigenvalue weighted by molar-refractivity contribution is -0.167. The zero-order chi connectivity index (χ0) is 56.4. The summed E-state index contributed by atoms with van der Waals surface area (Å²) in [4.78, 5) is 38.2. The van der Waals surface area contributed by atoms with Crippen molar-refractivity contribution >= 4 is 17.9 Å². The molecule has 0 heterocycles. The van der Waals surface area contributed by atoms with Crippen molar-refractivity contribution in [3.63, 3.8) is 0 Å². The smallest absolute Gasteiger partial charge is 0.306 e. The molecule has 0 aliphatic carbocycles. The Balaban J connectivity index is 4.15. The predicted molar refractivity (Wildman–Crippen MR) is 339 cm³/mol. The van der Waals surface area contributed by atoms with E-state index in [-0.39, 0.29) is 31.1 Å². The molecule has 0 amide bonds. The van der Waals surface area contributed by atoms with Crippen molar-refractivity contribution in [2.45, 2.75) is 354 Å². The van der Waals surface area contributed by atoms with Gasteiger partial charge in [0.1, 0.15) is 13.2 Å². The van der Waals surface area contributed by atoms with E-state index in [4.69, 9.17) is 14.2 Å². The first-order chi connectivity index (χ1) is 38.5. The fourth-order valence-corrected chi connectivity index (χ4v) is 9.81. The Morgan fingerprint density at radius 3 is 0.718 bits per heavy atom. The average molecular weight is 1090 g/mol. The van der Waals surface area contributed by atoms with Gasteiger partial charge in [0.05, 0.1) is 0 Å². The second kappa shape index (κ2) is 66.4. The Bertz CT molecular complexity index is 1440. The Morgan fingerprint density at radius 2 is 0.462 bits per heavy atom. The van der Waals surface area contributed by atoms with Gasteiger partial charge in [-0.1, -0.05) is 306 Å². The molecule has 0 fully saturated rings. The fourth-order valence-electron chi connectivity index (χ4n) is 9.81. The highest BCUT2D eigenvalue weighted by molar-refractivity contribution is 5.71. The van der Waals surface area contributed by atoms with Gasteiger partial charge in [0.15, 0.2) is 6.10 Å². The third-order valence-electron chi connectivity index (χ3n) is 14.9. The van der Waals surface area contributed by atoms with Crippen molar-refractivity contribution in [1.82, 2.24) is 0 Å². The highest BCUT2D eigenvalue weighted by Gasteiger charge is 2.19. The monoisotopic (exact) mass is 1090 g/mol. The first-order valence-corrected chi connectivity index (χ1v) is 33.9. The van der Waals surface area contributed by atoms with Crippen LogP contribution in [0.15, 0.2) is 72.9 Å². The molecule has 0 aromatic heterocycles. The number of ether oxygens (including phenoxy) is 3. The van der Waals surface area contributed by atoms with Crippen LogP contribution >= 0.6 is 0 Å². The van der Waals surface area contributed by atoms with Crippen molar-refractivity contribution in [3.8, 4) is 0 Å². The lowest BCUT2D eigenvalue weighted by atomic mass is 10.0. The molecule has 1 atom stereocenters. The molecule has 0 aliphatic rings. The van der Waals surface area contributed by atoms with Gasteiger partial charge < -0.3 is 14.2 Å². The number of rotatable bonds is 62. The van der Waals surface area contributed by atoms with Crippen LogP contribution in [-0.2, 0) is 28.6 Å². The van der Waals surface area contributed by atoms with Crippen LogP contribution < -0.4 is 0 Å². The van der Waals surface area contributed by atoms with Gasteiger partial charge in [0.25, 0.3) is 0 Å². The molecule has 452 valence electrons. The quantitative estimate of drug-likeness (QED) is 0.0261. The second-order valence-corrected chi connectivity index (χ2v) is 22.7. The van der Waals surface area contributed by atoms with Crippen LogP contribution in [0.1, 0.15) is 348 Å². The number of esters is 3. The number of hydrogen-bond donors (Lipinski definition) is 0. The summed E-state index contributed by atoms with van der Waals surface area (Å²) < 4.78 is 16.9. The molecular formula is C72H128O6. The van der Waals surface area contributed by atoms with E-state index in [0.29, 0.717) is 19.3 Å². The van der Waals surface area contributed by atoms with Gasteiger partial charge >= 0.3 is 17.9 Å². The lowest BCUT2D eigenvalue weighted by Crippen LogP contribution is -2.30. The molecule has 0 saturated heterocycles. The number of allylic oxidation sites excluding steroid dienone is 12. The topological polar surface area (TPSA) is 78.9 Å². The molecule has 0 bridgehead atoms. The number of carbonyl (C=O) groups excluding carboxylic acids is 3. The predicted octanol–water partition coefficient (Wildman–Crippen LogP) is 23.3. The van der Waals surface area contributed by atoms with Crippen molar-refractivity contribution in [2.75, 3.05) is 13.2 Å². The first kappa shape index (κ1) is 74.8. The maximum absolute atomic E-state index is 12.9. The maximum atomic E-state index is 12.9. The van der Waals surface area contributed by atoms with Gasteiger partial charge in [0.2, 0.25) is 0 Å². The summed E-state index contributed by atoms with van der Waals surface area (Å²) >= 11 is 0. The average Bonchev–Trinajstić information content (AvgIpc) is 3.44. The molecule has 0 aromatic rings. The molecular weight excluding hydrogens is 961 g/mol. The molecule has 0 rings (SSSR count). The van der Waals surface area contributed by atoms with Crippen LogP contribution in [0.2, 0.25) is 0 Å². The minimum absolute atomic E-state index is 0.0747. The minimum atomic E-state index is -0.777. The molecule has 0 aromatic carbocycles.